The van der Waals surface area contributed by atoms with Gasteiger partial charge in [0.05, 0.1) is 17.7 Å². The summed E-state index contributed by atoms with van der Waals surface area (Å²) in [5.41, 5.74) is 1.56. The third kappa shape index (κ3) is 2.78. The molecule has 2 atom stereocenters. The van der Waals surface area contributed by atoms with Crippen LogP contribution in [0.1, 0.15) is 35.2 Å². The monoisotopic (exact) mass is 370 g/mol. The molecule has 1 N–H and O–H groups in total. The molecule has 1 saturated carbocycles. The average Bonchev–Trinajstić information content (AvgIpc) is 3.07. The first-order valence-corrected chi connectivity index (χ1v) is 9.64. The summed E-state index contributed by atoms with van der Waals surface area (Å²) in [5.74, 6) is 0.538. The Hall–Kier alpha value is -2.18. The quantitative estimate of drug-likeness (QED) is 0.903. The normalized spacial score (nSPS) is 26.1. The number of halogens is 1. The second kappa shape index (κ2) is 6.46. The van der Waals surface area contributed by atoms with E-state index in [9.17, 15) is 14.3 Å². The number of ether oxygens (including phenoxy) is 1. The highest BCUT2D eigenvalue weighted by Gasteiger charge is 2.38. The van der Waals surface area contributed by atoms with E-state index in [0.717, 1.165) is 35.6 Å². The summed E-state index contributed by atoms with van der Waals surface area (Å²) in [4.78, 5) is 16.9. The maximum Gasteiger partial charge on any atom is 0.260 e. The van der Waals surface area contributed by atoms with E-state index in [4.69, 9.17) is 4.74 Å². The van der Waals surface area contributed by atoms with Crippen molar-refractivity contribution >= 4 is 16.7 Å². The largest absolute Gasteiger partial charge is 0.472 e. The zero-order valence-corrected chi connectivity index (χ0v) is 15.1. The van der Waals surface area contributed by atoms with Gasteiger partial charge in [-0.1, -0.05) is 24.3 Å². The standard InChI is InChI=1S/C21H23FN2O3/c22-14-10-23(11-14)9-13-8-17-20(16-5-2-1-4-15(13)16)27-12-24(21(17)26)18-6-3-7-19(18)25/h1-2,4-5,8,14,18-19,25H,3,6-7,9-12H2/t18-,19-/m0/s1. The smallest absolute Gasteiger partial charge is 0.260 e. The number of carbonyl (C=O) groups excluding carboxylic acids is 1. The predicted octanol–water partition coefficient (Wildman–Crippen LogP) is 2.70. The van der Waals surface area contributed by atoms with Crippen LogP contribution >= 0.6 is 0 Å². The third-order valence-electron chi connectivity index (χ3n) is 6.07. The van der Waals surface area contributed by atoms with Crippen LogP contribution in [0.3, 0.4) is 0 Å². The molecule has 3 aliphatic rings. The van der Waals surface area contributed by atoms with Crippen molar-refractivity contribution in [2.75, 3.05) is 19.8 Å². The van der Waals surface area contributed by atoms with Crippen LogP contribution in [0.2, 0.25) is 0 Å². The molecule has 6 heteroatoms. The molecule has 0 bridgehead atoms. The molecule has 5 nitrogen and oxygen atoms in total. The average molecular weight is 370 g/mol. The molecule has 5 rings (SSSR count). The second-order valence-corrected chi connectivity index (χ2v) is 7.86. The van der Waals surface area contributed by atoms with Crippen molar-refractivity contribution in [1.82, 2.24) is 9.80 Å². The van der Waals surface area contributed by atoms with Crippen LogP contribution < -0.4 is 4.74 Å². The molecule has 142 valence electrons. The number of hydrogen-bond donors (Lipinski definition) is 1. The van der Waals surface area contributed by atoms with Gasteiger partial charge in [0, 0.05) is 25.0 Å². The molecule has 1 aliphatic carbocycles. The van der Waals surface area contributed by atoms with E-state index in [1.54, 1.807) is 4.90 Å². The van der Waals surface area contributed by atoms with Crippen molar-refractivity contribution in [3.05, 3.63) is 41.5 Å². The van der Waals surface area contributed by atoms with Crippen LogP contribution in [0.4, 0.5) is 4.39 Å². The molecule has 2 aromatic carbocycles. The lowest BCUT2D eigenvalue weighted by Gasteiger charge is -2.37. The summed E-state index contributed by atoms with van der Waals surface area (Å²) in [6, 6.07) is 9.63. The summed E-state index contributed by atoms with van der Waals surface area (Å²) in [6.45, 7) is 1.67. The van der Waals surface area contributed by atoms with Crippen LogP contribution in [-0.4, -0.2) is 59.0 Å². The summed E-state index contributed by atoms with van der Waals surface area (Å²) in [6.07, 6.45) is 1.21. The van der Waals surface area contributed by atoms with Gasteiger partial charge in [-0.3, -0.25) is 14.6 Å². The van der Waals surface area contributed by atoms with Gasteiger partial charge in [-0.2, -0.15) is 0 Å². The van der Waals surface area contributed by atoms with Gasteiger partial charge in [-0.25, -0.2) is 4.39 Å². The zero-order chi connectivity index (χ0) is 18.5. The number of benzene rings is 2. The molecule has 2 fully saturated rings. The van der Waals surface area contributed by atoms with Crippen LogP contribution in [-0.2, 0) is 6.54 Å². The molecule has 2 aromatic rings. The maximum atomic E-state index is 13.2. The fraction of sp³-hybridized carbons (Fsp3) is 0.476. The minimum Gasteiger partial charge on any atom is -0.472 e. The lowest BCUT2D eigenvalue weighted by molar-refractivity contribution is 0.0131. The van der Waals surface area contributed by atoms with Gasteiger partial charge < -0.3 is 9.84 Å². The zero-order valence-electron chi connectivity index (χ0n) is 15.1. The van der Waals surface area contributed by atoms with E-state index in [-0.39, 0.29) is 18.7 Å². The number of rotatable bonds is 3. The SMILES string of the molecule is O=C1c2cc(CN3CC(F)C3)c3ccccc3c2OCN1[C@H]1CCC[C@@H]1O. The van der Waals surface area contributed by atoms with Crippen molar-refractivity contribution in [2.45, 2.75) is 44.1 Å². The number of carbonyl (C=O) groups is 1. The van der Waals surface area contributed by atoms with Gasteiger partial charge in [-0.15, -0.1) is 0 Å². The second-order valence-electron chi connectivity index (χ2n) is 7.86. The van der Waals surface area contributed by atoms with Crippen LogP contribution in [0, 0.1) is 0 Å². The van der Waals surface area contributed by atoms with Crippen LogP contribution in [0.15, 0.2) is 30.3 Å². The van der Waals surface area contributed by atoms with E-state index >= 15 is 0 Å². The lowest BCUT2D eigenvalue weighted by Crippen LogP contribution is -2.49. The molecule has 1 amide bonds. The van der Waals surface area contributed by atoms with Gasteiger partial charge in [0.15, 0.2) is 6.73 Å². The molecule has 27 heavy (non-hydrogen) atoms. The van der Waals surface area contributed by atoms with Crippen molar-refractivity contribution in [3.63, 3.8) is 0 Å². The van der Waals surface area contributed by atoms with Crippen LogP contribution in [0.25, 0.3) is 10.8 Å². The highest BCUT2D eigenvalue weighted by atomic mass is 19.1. The molecular formula is C21H23FN2O3. The van der Waals surface area contributed by atoms with Gasteiger partial charge in [0.2, 0.25) is 0 Å². The Morgan fingerprint density at radius 2 is 1.96 bits per heavy atom. The molecule has 1 saturated heterocycles. The highest BCUT2D eigenvalue weighted by molar-refractivity contribution is 6.06. The molecule has 2 heterocycles. The van der Waals surface area contributed by atoms with Gasteiger partial charge in [0.25, 0.3) is 5.91 Å². The number of aliphatic hydroxyl groups is 1. The fourth-order valence-corrected chi connectivity index (χ4v) is 4.62. The molecule has 0 radical (unpaired) electrons. The van der Waals surface area contributed by atoms with Gasteiger partial charge in [0.1, 0.15) is 11.9 Å². The fourth-order valence-electron chi connectivity index (χ4n) is 4.62. The molecule has 0 spiro atoms. The number of likely N-dealkylation sites (tertiary alicyclic amines) is 1. The van der Waals surface area contributed by atoms with E-state index < -0.39 is 12.3 Å². The molecular weight excluding hydrogens is 347 g/mol. The minimum atomic E-state index is -0.752. The first-order valence-electron chi connectivity index (χ1n) is 9.64. The molecule has 0 aromatic heterocycles. The Balaban J connectivity index is 1.55. The van der Waals surface area contributed by atoms with E-state index in [1.165, 1.54) is 0 Å². The van der Waals surface area contributed by atoms with Crippen LogP contribution in [0.5, 0.6) is 5.75 Å². The van der Waals surface area contributed by atoms with Gasteiger partial charge >= 0.3 is 0 Å². The highest BCUT2D eigenvalue weighted by Crippen LogP contribution is 2.38. The number of hydrogen-bond acceptors (Lipinski definition) is 4. The number of nitrogens with zero attached hydrogens (tertiary/aromatic N) is 2. The Bertz CT molecular complexity index is 896. The van der Waals surface area contributed by atoms with Crippen molar-refractivity contribution < 1.29 is 19.0 Å². The summed E-state index contributed by atoms with van der Waals surface area (Å²) in [7, 11) is 0. The van der Waals surface area contributed by atoms with Crippen molar-refractivity contribution in [1.29, 1.82) is 0 Å². The maximum absolute atomic E-state index is 13.2. The lowest BCUT2D eigenvalue weighted by atomic mass is 9.96. The van der Waals surface area contributed by atoms with Crippen molar-refractivity contribution in [2.24, 2.45) is 0 Å². The first-order chi connectivity index (χ1) is 13.1. The first kappa shape index (κ1) is 17.0. The Labute approximate surface area is 157 Å². The topological polar surface area (TPSA) is 53.0 Å². The Morgan fingerprint density at radius 1 is 1.19 bits per heavy atom. The molecule has 0 unspecified atom stereocenters. The number of aliphatic hydroxyl groups excluding tert-OH is 1. The summed E-state index contributed by atoms with van der Waals surface area (Å²) < 4.78 is 19.3. The van der Waals surface area contributed by atoms with Gasteiger partial charge in [-0.05, 0) is 36.3 Å². The number of amides is 1. The number of fused-ring (bicyclic) bond motifs is 3. The Kier molecular flexibility index (Phi) is 4.06. The summed E-state index contributed by atoms with van der Waals surface area (Å²) in [5, 5.41) is 12.2. The van der Waals surface area contributed by atoms with E-state index in [0.29, 0.717) is 30.9 Å². The third-order valence-corrected chi connectivity index (χ3v) is 6.07. The Morgan fingerprint density at radius 3 is 2.67 bits per heavy atom. The van der Waals surface area contributed by atoms with E-state index in [1.807, 2.05) is 35.2 Å². The molecule has 2 aliphatic heterocycles. The van der Waals surface area contributed by atoms with Crippen molar-refractivity contribution in [3.8, 4) is 5.75 Å². The minimum absolute atomic E-state index is 0.0822. The summed E-state index contributed by atoms with van der Waals surface area (Å²) >= 11 is 0. The number of alkyl halides is 1. The predicted molar refractivity (Wildman–Crippen MR) is 99.4 cm³/mol. The van der Waals surface area contributed by atoms with E-state index in [2.05, 4.69) is 0 Å².